The Morgan fingerprint density at radius 3 is 2.70 bits per heavy atom. The van der Waals surface area contributed by atoms with Gasteiger partial charge in [0.05, 0.1) is 5.69 Å². The molecule has 23 heavy (non-hydrogen) atoms. The lowest BCUT2D eigenvalue weighted by molar-refractivity contribution is -0.116. The number of amides is 1. The number of hydrogen-bond donors (Lipinski definition) is 1. The fourth-order valence-electron chi connectivity index (χ4n) is 1.83. The maximum absolute atomic E-state index is 11.9. The molecule has 0 aliphatic heterocycles. The van der Waals surface area contributed by atoms with E-state index in [0.717, 1.165) is 11.3 Å². The smallest absolute Gasteiger partial charge is 0.226 e. The highest BCUT2D eigenvalue weighted by atomic mass is 32.2. The summed E-state index contributed by atoms with van der Waals surface area (Å²) in [4.78, 5) is 27.8. The van der Waals surface area contributed by atoms with Crippen molar-refractivity contribution >= 4 is 39.3 Å². The molecular formula is C17H20N2O2S2. The zero-order chi connectivity index (χ0) is 16.7. The molecular weight excluding hydrogens is 328 g/mol. The van der Waals surface area contributed by atoms with Gasteiger partial charge in [0.1, 0.15) is 0 Å². The summed E-state index contributed by atoms with van der Waals surface area (Å²) in [5.41, 5.74) is 1.90. The number of benzene rings is 1. The number of carbonyl (C=O) groups is 2. The Bertz CT molecular complexity index is 654. The van der Waals surface area contributed by atoms with Crippen LogP contribution in [0.3, 0.4) is 0 Å². The van der Waals surface area contributed by atoms with Gasteiger partial charge in [0, 0.05) is 29.0 Å². The highest BCUT2D eigenvalue weighted by molar-refractivity contribution is 8.13. The molecule has 0 aliphatic rings. The second-order valence-electron chi connectivity index (χ2n) is 5.38. The third-order valence-corrected chi connectivity index (χ3v) is 5.09. The SMILES string of the molecule is CC(C)C(=O)SCCCC(=O)Nc1nc(-c2ccccc2)cs1. The fourth-order valence-corrected chi connectivity index (χ4v) is 3.39. The van der Waals surface area contributed by atoms with Crippen LogP contribution in [0.1, 0.15) is 26.7 Å². The number of rotatable bonds is 7. The van der Waals surface area contributed by atoms with E-state index in [4.69, 9.17) is 0 Å². The first-order chi connectivity index (χ1) is 11.1. The average molecular weight is 348 g/mol. The molecule has 0 aliphatic carbocycles. The number of thiazole rings is 1. The van der Waals surface area contributed by atoms with Gasteiger partial charge in [-0.1, -0.05) is 55.9 Å². The van der Waals surface area contributed by atoms with Gasteiger partial charge < -0.3 is 5.32 Å². The molecule has 1 N–H and O–H groups in total. The third kappa shape index (κ3) is 5.80. The van der Waals surface area contributed by atoms with Crippen LogP contribution in [-0.4, -0.2) is 21.8 Å². The summed E-state index contributed by atoms with van der Waals surface area (Å²) in [5, 5.41) is 5.54. The topological polar surface area (TPSA) is 59.1 Å². The molecule has 0 atom stereocenters. The Hall–Kier alpha value is -1.66. The molecule has 0 fully saturated rings. The summed E-state index contributed by atoms with van der Waals surface area (Å²) in [5.74, 6) is 0.662. The van der Waals surface area contributed by atoms with Crippen molar-refractivity contribution in [3.8, 4) is 11.3 Å². The molecule has 0 bridgehead atoms. The minimum absolute atomic E-state index is 0.0422. The molecule has 4 nitrogen and oxygen atoms in total. The van der Waals surface area contributed by atoms with E-state index in [1.54, 1.807) is 0 Å². The lowest BCUT2D eigenvalue weighted by atomic mass is 10.2. The van der Waals surface area contributed by atoms with Crippen LogP contribution in [0.25, 0.3) is 11.3 Å². The quantitative estimate of drug-likeness (QED) is 0.751. The van der Waals surface area contributed by atoms with Crippen molar-refractivity contribution in [3.05, 3.63) is 35.7 Å². The van der Waals surface area contributed by atoms with E-state index in [9.17, 15) is 9.59 Å². The molecule has 1 amide bonds. The zero-order valence-electron chi connectivity index (χ0n) is 13.2. The second-order valence-corrected chi connectivity index (χ2v) is 7.34. The van der Waals surface area contributed by atoms with E-state index in [1.807, 2.05) is 49.6 Å². The van der Waals surface area contributed by atoms with Crippen LogP contribution in [0.5, 0.6) is 0 Å². The van der Waals surface area contributed by atoms with E-state index in [2.05, 4.69) is 10.3 Å². The molecule has 122 valence electrons. The number of hydrogen-bond acceptors (Lipinski definition) is 5. The number of thioether (sulfide) groups is 1. The largest absolute Gasteiger partial charge is 0.302 e. The molecule has 2 rings (SSSR count). The Labute approximate surface area is 144 Å². The van der Waals surface area contributed by atoms with Crippen LogP contribution < -0.4 is 5.32 Å². The highest BCUT2D eigenvalue weighted by Gasteiger charge is 2.10. The Kier molecular flexibility index (Phi) is 6.80. The van der Waals surface area contributed by atoms with Crippen molar-refractivity contribution in [3.63, 3.8) is 0 Å². The van der Waals surface area contributed by atoms with Gasteiger partial charge in [0.15, 0.2) is 10.2 Å². The van der Waals surface area contributed by atoms with Gasteiger partial charge in [-0.05, 0) is 6.42 Å². The first-order valence-electron chi connectivity index (χ1n) is 7.53. The summed E-state index contributed by atoms with van der Waals surface area (Å²) in [6, 6.07) is 9.86. The van der Waals surface area contributed by atoms with Crippen LogP contribution in [0.15, 0.2) is 35.7 Å². The van der Waals surface area contributed by atoms with E-state index in [0.29, 0.717) is 23.7 Å². The molecule has 0 spiro atoms. The van der Waals surface area contributed by atoms with Gasteiger partial charge in [0.25, 0.3) is 0 Å². The van der Waals surface area contributed by atoms with E-state index >= 15 is 0 Å². The van der Waals surface area contributed by atoms with Gasteiger partial charge in [-0.15, -0.1) is 11.3 Å². The zero-order valence-corrected chi connectivity index (χ0v) is 14.9. The van der Waals surface area contributed by atoms with Crippen molar-refractivity contribution in [1.29, 1.82) is 0 Å². The Morgan fingerprint density at radius 1 is 1.26 bits per heavy atom. The van der Waals surface area contributed by atoms with Crippen LogP contribution in [0, 0.1) is 5.92 Å². The summed E-state index contributed by atoms with van der Waals surface area (Å²) < 4.78 is 0. The standard InChI is InChI=1S/C17H20N2O2S2/c1-12(2)16(21)22-10-6-9-15(20)19-17-18-14(11-23-17)13-7-4-3-5-8-13/h3-5,7-8,11-12H,6,9-10H2,1-2H3,(H,18,19,20). The number of nitrogens with one attached hydrogen (secondary N) is 1. The molecule has 6 heteroatoms. The van der Waals surface area contributed by atoms with Crippen molar-refractivity contribution in [2.24, 2.45) is 5.92 Å². The van der Waals surface area contributed by atoms with Crippen LogP contribution in [0.2, 0.25) is 0 Å². The molecule has 0 saturated heterocycles. The minimum atomic E-state index is -0.0587. The van der Waals surface area contributed by atoms with Crippen LogP contribution in [0.4, 0.5) is 5.13 Å². The summed E-state index contributed by atoms with van der Waals surface area (Å²) in [7, 11) is 0. The van der Waals surface area contributed by atoms with Crippen LogP contribution >= 0.6 is 23.1 Å². The molecule has 0 unspecified atom stereocenters. The number of carbonyl (C=O) groups excluding carboxylic acids is 2. The van der Waals surface area contributed by atoms with E-state index in [-0.39, 0.29) is 16.9 Å². The molecule has 1 aromatic heterocycles. The average Bonchev–Trinajstić information content (AvgIpc) is 3.00. The van der Waals surface area contributed by atoms with Crippen molar-refractivity contribution in [1.82, 2.24) is 4.98 Å². The third-order valence-electron chi connectivity index (χ3n) is 3.08. The monoisotopic (exact) mass is 348 g/mol. The van der Waals surface area contributed by atoms with Crippen molar-refractivity contribution in [2.75, 3.05) is 11.1 Å². The Balaban J connectivity index is 1.76. The van der Waals surface area contributed by atoms with Crippen molar-refractivity contribution in [2.45, 2.75) is 26.7 Å². The predicted octanol–water partition coefficient (Wildman–Crippen LogP) is 4.44. The van der Waals surface area contributed by atoms with Crippen molar-refractivity contribution < 1.29 is 9.59 Å². The van der Waals surface area contributed by atoms with Gasteiger partial charge in [-0.2, -0.15) is 0 Å². The van der Waals surface area contributed by atoms with Crippen LogP contribution in [-0.2, 0) is 9.59 Å². The molecule has 0 radical (unpaired) electrons. The van der Waals surface area contributed by atoms with Gasteiger partial charge in [-0.3, -0.25) is 9.59 Å². The molecule has 1 aromatic carbocycles. The van der Waals surface area contributed by atoms with Gasteiger partial charge >= 0.3 is 0 Å². The summed E-state index contributed by atoms with van der Waals surface area (Å²) in [6.45, 7) is 3.77. The first kappa shape index (κ1) is 17.7. The summed E-state index contributed by atoms with van der Waals surface area (Å²) in [6.07, 6.45) is 1.09. The maximum Gasteiger partial charge on any atom is 0.226 e. The lowest BCUT2D eigenvalue weighted by Crippen LogP contribution is -2.11. The first-order valence-corrected chi connectivity index (χ1v) is 9.40. The Morgan fingerprint density at radius 2 is 2.00 bits per heavy atom. The molecule has 0 saturated carbocycles. The van der Waals surface area contributed by atoms with Gasteiger partial charge in [-0.25, -0.2) is 4.98 Å². The number of nitrogens with zero attached hydrogens (tertiary/aromatic N) is 1. The second kappa shape index (κ2) is 8.84. The summed E-state index contributed by atoms with van der Waals surface area (Å²) >= 11 is 2.72. The van der Waals surface area contributed by atoms with E-state index in [1.165, 1.54) is 23.1 Å². The predicted molar refractivity (Wildman–Crippen MR) is 97.7 cm³/mol. The van der Waals surface area contributed by atoms with E-state index < -0.39 is 0 Å². The number of aromatic nitrogens is 1. The molecule has 2 aromatic rings. The number of anilines is 1. The fraction of sp³-hybridized carbons (Fsp3) is 0.353. The lowest BCUT2D eigenvalue weighted by Gasteiger charge is -2.03. The normalized spacial score (nSPS) is 10.7. The molecule has 1 heterocycles. The minimum Gasteiger partial charge on any atom is -0.302 e. The maximum atomic E-state index is 11.9. The van der Waals surface area contributed by atoms with Gasteiger partial charge in [0.2, 0.25) is 5.91 Å². The highest BCUT2D eigenvalue weighted by Crippen LogP contribution is 2.24.